The van der Waals surface area contributed by atoms with E-state index in [0.717, 1.165) is 5.56 Å². The highest BCUT2D eigenvalue weighted by Gasteiger charge is 2.11. The maximum Gasteiger partial charge on any atom is 0.271 e. The average Bonchev–Trinajstić information content (AvgIpc) is 2.50. The summed E-state index contributed by atoms with van der Waals surface area (Å²) in [5.41, 5.74) is 4.01. The fourth-order valence-corrected chi connectivity index (χ4v) is 2.11. The minimum absolute atomic E-state index is 0.0277. The molecule has 0 bridgehead atoms. The summed E-state index contributed by atoms with van der Waals surface area (Å²) in [4.78, 5) is 12.1. The maximum absolute atomic E-state index is 12.1. The Morgan fingerprint density at radius 2 is 2.14 bits per heavy atom. The fraction of sp³-hybridized carbons (Fsp3) is 0.125. The van der Waals surface area contributed by atoms with Crippen LogP contribution in [0.15, 0.2) is 41.5 Å². The zero-order valence-corrected chi connectivity index (χ0v) is 12.9. The molecular formula is C16H15ClN2O3. The fourth-order valence-electron chi connectivity index (χ4n) is 1.93. The number of nitrogens with zero attached hydrogens (tertiary/aromatic N) is 1. The second-order valence-corrected chi connectivity index (χ2v) is 4.97. The van der Waals surface area contributed by atoms with E-state index in [2.05, 4.69) is 10.5 Å². The molecule has 0 aliphatic carbocycles. The minimum Gasteiger partial charge on any atom is -0.507 e. The average molecular weight is 319 g/mol. The van der Waals surface area contributed by atoms with Crippen LogP contribution in [0.3, 0.4) is 0 Å². The molecule has 0 aromatic heterocycles. The molecule has 0 fully saturated rings. The number of nitrogens with one attached hydrogen (secondary N) is 1. The number of carbonyl (C=O) groups is 1. The highest BCUT2D eigenvalue weighted by atomic mass is 35.5. The number of phenolic OH excluding ortho intramolecular Hbond substituents is 1. The lowest BCUT2D eigenvalue weighted by Crippen LogP contribution is -2.19. The van der Waals surface area contributed by atoms with E-state index in [9.17, 15) is 9.90 Å². The summed E-state index contributed by atoms with van der Waals surface area (Å²) in [5, 5.41) is 13.9. The molecule has 0 aliphatic heterocycles. The molecule has 0 radical (unpaired) electrons. The number of halogens is 1. The molecule has 2 aromatic rings. The van der Waals surface area contributed by atoms with Gasteiger partial charge in [-0.3, -0.25) is 4.79 Å². The van der Waals surface area contributed by atoms with Gasteiger partial charge in [-0.2, -0.15) is 5.10 Å². The molecule has 0 atom stereocenters. The van der Waals surface area contributed by atoms with Gasteiger partial charge in [0.05, 0.1) is 13.3 Å². The van der Waals surface area contributed by atoms with Gasteiger partial charge in [0.15, 0.2) is 0 Å². The summed E-state index contributed by atoms with van der Waals surface area (Å²) in [5.74, 6) is 0.290. The Labute approximate surface area is 133 Å². The maximum atomic E-state index is 12.1. The molecule has 1 amide bonds. The smallest absolute Gasteiger partial charge is 0.271 e. The van der Waals surface area contributed by atoms with E-state index in [0.29, 0.717) is 21.9 Å². The summed E-state index contributed by atoms with van der Waals surface area (Å²) in [7, 11) is 1.55. The third kappa shape index (κ3) is 3.56. The van der Waals surface area contributed by atoms with Crippen molar-refractivity contribution in [2.75, 3.05) is 7.11 Å². The minimum atomic E-state index is -0.367. The van der Waals surface area contributed by atoms with Crippen molar-refractivity contribution < 1.29 is 14.6 Å². The van der Waals surface area contributed by atoms with Gasteiger partial charge in [-0.1, -0.05) is 17.7 Å². The Hall–Kier alpha value is -2.53. The molecular weight excluding hydrogens is 304 g/mol. The number of hydrazone groups is 1. The summed E-state index contributed by atoms with van der Waals surface area (Å²) in [6.07, 6.45) is 1.33. The Morgan fingerprint density at radius 3 is 2.86 bits per heavy atom. The van der Waals surface area contributed by atoms with Crippen LogP contribution in [-0.2, 0) is 0 Å². The molecule has 0 aliphatic rings. The zero-order valence-electron chi connectivity index (χ0n) is 12.1. The van der Waals surface area contributed by atoms with Gasteiger partial charge in [0.1, 0.15) is 11.5 Å². The molecule has 2 aromatic carbocycles. The predicted molar refractivity (Wildman–Crippen MR) is 85.9 cm³/mol. The highest BCUT2D eigenvalue weighted by Crippen LogP contribution is 2.21. The van der Waals surface area contributed by atoms with E-state index < -0.39 is 0 Å². The van der Waals surface area contributed by atoms with Crippen LogP contribution in [0.5, 0.6) is 11.5 Å². The number of rotatable bonds is 4. The van der Waals surface area contributed by atoms with Crippen LogP contribution in [0.25, 0.3) is 0 Å². The first-order valence-corrected chi connectivity index (χ1v) is 6.86. The number of hydrogen-bond donors (Lipinski definition) is 2. The van der Waals surface area contributed by atoms with Gasteiger partial charge in [-0.15, -0.1) is 0 Å². The van der Waals surface area contributed by atoms with Crippen molar-refractivity contribution in [1.29, 1.82) is 0 Å². The van der Waals surface area contributed by atoms with Crippen LogP contribution in [0.4, 0.5) is 0 Å². The second-order valence-electron chi connectivity index (χ2n) is 4.54. The molecule has 5 nitrogen and oxygen atoms in total. The Kier molecular flexibility index (Phi) is 5.01. The standard InChI is InChI=1S/C16H15ClN2O3/c1-10-13(4-3-5-15(10)22-2)16(21)19-18-9-11-8-12(17)6-7-14(11)20/h3-9,20H,1-2H3,(H,19,21). The van der Waals surface area contributed by atoms with Gasteiger partial charge in [-0.05, 0) is 37.3 Å². The van der Waals surface area contributed by atoms with Gasteiger partial charge < -0.3 is 9.84 Å². The largest absolute Gasteiger partial charge is 0.507 e. The lowest BCUT2D eigenvalue weighted by molar-refractivity contribution is 0.0954. The molecule has 0 saturated heterocycles. The van der Waals surface area contributed by atoms with Crippen molar-refractivity contribution in [2.45, 2.75) is 6.92 Å². The van der Waals surface area contributed by atoms with Gasteiger partial charge in [0.2, 0.25) is 0 Å². The van der Waals surface area contributed by atoms with E-state index in [1.165, 1.54) is 12.3 Å². The first kappa shape index (κ1) is 15.9. The van der Waals surface area contributed by atoms with Crippen molar-refractivity contribution in [1.82, 2.24) is 5.43 Å². The van der Waals surface area contributed by atoms with Gasteiger partial charge >= 0.3 is 0 Å². The van der Waals surface area contributed by atoms with Gasteiger partial charge in [0, 0.05) is 21.7 Å². The summed E-state index contributed by atoms with van der Waals surface area (Å²) >= 11 is 5.83. The zero-order chi connectivity index (χ0) is 16.1. The number of carbonyl (C=O) groups excluding carboxylic acids is 1. The summed E-state index contributed by atoms with van der Waals surface area (Å²) in [6, 6.07) is 9.75. The SMILES string of the molecule is COc1cccc(C(=O)NN=Cc2cc(Cl)ccc2O)c1C. The Morgan fingerprint density at radius 1 is 1.36 bits per heavy atom. The summed E-state index contributed by atoms with van der Waals surface area (Å²) in [6.45, 7) is 1.79. The van der Waals surface area contributed by atoms with Crippen LogP contribution < -0.4 is 10.2 Å². The molecule has 0 unspecified atom stereocenters. The molecule has 22 heavy (non-hydrogen) atoms. The first-order valence-electron chi connectivity index (χ1n) is 6.48. The van der Waals surface area contributed by atoms with Crippen LogP contribution >= 0.6 is 11.6 Å². The lowest BCUT2D eigenvalue weighted by Gasteiger charge is -2.08. The topological polar surface area (TPSA) is 70.9 Å². The van der Waals surface area contributed by atoms with Gasteiger partial charge in [0.25, 0.3) is 5.91 Å². The van der Waals surface area contributed by atoms with Crippen molar-refractivity contribution in [3.8, 4) is 11.5 Å². The monoisotopic (exact) mass is 318 g/mol. The van der Waals surface area contributed by atoms with E-state index in [-0.39, 0.29) is 11.7 Å². The van der Waals surface area contributed by atoms with Crippen molar-refractivity contribution >= 4 is 23.7 Å². The first-order chi connectivity index (χ1) is 10.5. The molecule has 0 heterocycles. The van der Waals surface area contributed by atoms with Crippen LogP contribution in [0.2, 0.25) is 5.02 Å². The highest BCUT2D eigenvalue weighted by molar-refractivity contribution is 6.30. The van der Waals surface area contributed by atoms with Crippen LogP contribution in [0.1, 0.15) is 21.5 Å². The van der Waals surface area contributed by atoms with E-state index >= 15 is 0 Å². The van der Waals surface area contributed by atoms with E-state index in [1.807, 2.05) is 0 Å². The molecule has 2 N–H and O–H groups in total. The molecule has 114 valence electrons. The number of aromatic hydroxyl groups is 1. The van der Waals surface area contributed by atoms with Crippen molar-refractivity contribution in [3.05, 3.63) is 58.1 Å². The normalized spacial score (nSPS) is 10.7. The summed E-state index contributed by atoms with van der Waals surface area (Å²) < 4.78 is 5.17. The van der Waals surface area contributed by atoms with Crippen molar-refractivity contribution in [2.24, 2.45) is 5.10 Å². The van der Waals surface area contributed by atoms with E-state index in [4.69, 9.17) is 16.3 Å². The quantitative estimate of drug-likeness (QED) is 0.672. The number of amides is 1. The Bertz CT molecular complexity index is 729. The molecule has 2 rings (SSSR count). The van der Waals surface area contributed by atoms with Crippen LogP contribution in [-0.4, -0.2) is 24.3 Å². The number of hydrogen-bond acceptors (Lipinski definition) is 4. The second kappa shape index (κ2) is 6.95. The lowest BCUT2D eigenvalue weighted by atomic mass is 10.1. The molecule has 6 heteroatoms. The number of phenols is 1. The predicted octanol–water partition coefficient (Wildman–Crippen LogP) is 3.13. The number of benzene rings is 2. The number of methoxy groups -OCH3 is 1. The number of ether oxygens (including phenoxy) is 1. The van der Waals surface area contributed by atoms with E-state index in [1.54, 1.807) is 44.4 Å². The van der Waals surface area contributed by atoms with Crippen LogP contribution in [0, 0.1) is 6.92 Å². The Balaban J connectivity index is 2.13. The molecule has 0 spiro atoms. The van der Waals surface area contributed by atoms with Crippen molar-refractivity contribution in [3.63, 3.8) is 0 Å². The third-order valence-corrected chi connectivity index (χ3v) is 3.34. The third-order valence-electron chi connectivity index (χ3n) is 3.11. The molecule has 0 saturated carbocycles. The van der Waals surface area contributed by atoms with Gasteiger partial charge in [-0.25, -0.2) is 5.43 Å².